The van der Waals surface area contributed by atoms with Crippen molar-refractivity contribution in [1.29, 1.82) is 5.26 Å². The van der Waals surface area contributed by atoms with Gasteiger partial charge < -0.3 is 5.32 Å². The highest BCUT2D eigenvalue weighted by Gasteiger charge is 2.08. The Morgan fingerprint density at radius 1 is 1.40 bits per heavy atom. The van der Waals surface area contributed by atoms with Crippen molar-refractivity contribution < 1.29 is 0 Å². The molecule has 0 fully saturated rings. The maximum atomic E-state index is 8.74. The Balaban J connectivity index is 2.58. The molecule has 0 bridgehead atoms. The molecular formula is C13H16N2. The van der Waals surface area contributed by atoms with E-state index in [1.807, 2.05) is 36.4 Å². The first-order chi connectivity index (χ1) is 7.38. The van der Waals surface area contributed by atoms with Crippen LogP contribution in [0.15, 0.2) is 43.0 Å². The van der Waals surface area contributed by atoms with Crippen LogP contribution in [0.2, 0.25) is 0 Å². The van der Waals surface area contributed by atoms with Gasteiger partial charge in [-0.1, -0.05) is 36.4 Å². The summed E-state index contributed by atoms with van der Waals surface area (Å²) in [5.74, 6) is 0. The van der Waals surface area contributed by atoms with Gasteiger partial charge in [0.05, 0.1) is 12.5 Å². The maximum absolute atomic E-state index is 8.74. The Kier molecular flexibility index (Phi) is 5.21. The molecule has 1 atom stereocenters. The molecule has 0 aliphatic rings. The van der Waals surface area contributed by atoms with E-state index in [4.69, 9.17) is 5.26 Å². The summed E-state index contributed by atoms with van der Waals surface area (Å²) >= 11 is 0. The van der Waals surface area contributed by atoms with E-state index in [0.717, 1.165) is 13.0 Å². The standard InChI is InChI=1S/C13H16N2/c1-2-3-11-15-13(9-10-14)12-7-5-4-6-8-12/h2,4-8,13,15H,1,3,9,11H2. The molecule has 2 heteroatoms. The van der Waals surface area contributed by atoms with Gasteiger partial charge in [-0.25, -0.2) is 0 Å². The van der Waals surface area contributed by atoms with Crippen LogP contribution >= 0.6 is 0 Å². The zero-order valence-corrected chi connectivity index (χ0v) is 8.82. The molecule has 0 radical (unpaired) electrons. The van der Waals surface area contributed by atoms with Gasteiger partial charge in [-0.2, -0.15) is 5.26 Å². The number of benzene rings is 1. The van der Waals surface area contributed by atoms with Crippen LogP contribution in [0.3, 0.4) is 0 Å². The number of hydrogen-bond acceptors (Lipinski definition) is 2. The topological polar surface area (TPSA) is 35.8 Å². The molecule has 0 aromatic heterocycles. The number of nitrogens with one attached hydrogen (secondary N) is 1. The average molecular weight is 200 g/mol. The van der Waals surface area contributed by atoms with Crippen LogP contribution in [0.5, 0.6) is 0 Å². The molecular weight excluding hydrogens is 184 g/mol. The molecule has 1 aromatic rings. The minimum Gasteiger partial charge on any atom is -0.309 e. The van der Waals surface area contributed by atoms with E-state index >= 15 is 0 Å². The third-order valence-electron chi connectivity index (χ3n) is 2.24. The van der Waals surface area contributed by atoms with Gasteiger partial charge in [0, 0.05) is 6.04 Å². The molecule has 0 heterocycles. The Morgan fingerprint density at radius 3 is 2.73 bits per heavy atom. The molecule has 1 unspecified atom stereocenters. The second kappa shape index (κ2) is 6.80. The van der Waals surface area contributed by atoms with E-state index in [-0.39, 0.29) is 6.04 Å². The zero-order valence-electron chi connectivity index (χ0n) is 8.82. The first-order valence-corrected chi connectivity index (χ1v) is 5.14. The fourth-order valence-electron chi connectivity index (χ4n) is 1.44. The van der Waals surface area contributed by atoms with E-state index < -0.39 is 0 Å². The SMILES string of the molecule is C=CCCNC(CC#N)c1ccccc1. The van der Waals surface area contributed by atoms with Gasteiger partial charge in [0.15, 0.2) is 0 Å². The highest BCUT2D eigenvalue weighted by Crippen LogP contribution is 2.15. The summed E-state index contributed by atoms with van der Waals surface area (Å²) in [5, 5.41) is 12.1. The van der Waals surface area contributed by atoms with Crippen molar-refractivity contribution >= 4 is 0 Å². The highest BCUT2D eigenvalue weighted by atomic mass is 14.9. The summed E-state index contributed by atoms with van der Waals surface area (Å²) in [6.07, 6.45) is 3.30. The zero-order chi connectivity index (χ0) is 10.9. The van der Waals surface area contributed by atoms with Crippen LogP contribution < -0.4 is 5.32 Å². The second-order valence-corrected chi connectivity index (χ2v) is 3.36. The lowest BCUT2D eigenvalue weighted by Gasteiger charge is -2.15. The number of hydrogen-bond donors (Lipinski definition) is 1. The van der Waals surface area contributed by atoms with Gasteiger partial charge in [-0.15, -0.1) is 6.58 Å². The van der Waals surface area contributed by atoms with Crippen molar-refractivity contribution in [2.75, 3.05) is 6.54 Å². The third-order valence-corrected chi connectivity index (χ3v) is 2.24. The summed E-state index contributed by atoms with van der Waals surface area (Å²) in [6, 6.07) is 12.4. The van der Waals surface area contributed by atoms with Gasteiger partial charge in [0.2, 0.25) is 0 Å². The molecule has 2 nitrogen and oxygen atoms in total. The normalized spacial score (nSPS) is 11.7. The molecule has 1 aromatic carbocycles. The van der Waals surface area contributed by atoms with Crippen molar-refractivity contribution in [2.45, 2.75) is 18.9 Å². The number of rotatable bonds is 6. The predicted octanol–water partition coefficient (Wildman–Crippen LogP) is 2.81. The monoisotopic (exact) mass is 200 g/mol. The first-order valence-electron chi connectivity index (χ1n) is 5.14. The fourth-order valence-corrected chi connectivity index (χ4v) is 1.44. The van der Waals surface area contributed by atoms with Crippen LogP contribution in [-0.2, 0) is 0 Å². The lowest BCUT2D eigenvalue weighted by molar-refractivity contribution is 0.549. The lowest BCUT2D eigenvalue weighted by atomic mass is 10.0. The van der Waals surface area contributed by atoms with Crippen molar-refractivity contribution in [3.05, 3.63) is 48.6 Å². The van der Waals surface area contributed by atoms with Gasteiger partial charge in [-0.05, 0) is 18.5 Å². The molecule has 0 aliphatic carbocycles. The van der Waals surface area contributed by atoms with E-state index in [0.29, 0.717) is 6.42 Å². The molecule has 15 heavy (non-hydrogen) atoms. The van der Waals surface area contributed by atoms with E-state index in [2.05, 4.69) is 18.0 Å². The van der Waals surface area contributed by atoms with Crippen LogP contribution in [0.25, 0.3) is 0 Å². The van der Waals surface area contributed by atoms with Crippen molar-refractivity contribution in [3.8, 4) is 6.07 Å². The maximum Gasteiger partial charge on any atom is 0.0641 e. The summed E-state index contributed by atoms with van der Waals surface area (Å²) in [4.78, 5) is 0. The molecule has 0 amide bonds. The van der Waals surface area contributed by atoms with Crippen LogP contribution in [0.1, 0.15) is 24.4 Å². The van der Waals surface area contributed by atoms with Gasteiger partial charge >= 0.3 is 0 Å². The van der Waals surface area contributed by atoms with Gasteiger partial charge in [0.1, 0.15) is 0 Å². The first kappa shape index (κ1) is 11.5. The quantitative estimate of drug-likeness (QED) is 0.566. The van der Waals surface area contributed by atoms with E-state index in [1.54, 1.807) is 0 Å². The average Bonchev–Trinajstić information content (AvgIpc) is 2.29. The molecule has 0 aliphatic heterocycles. The summed E-state index contributed by atoms with van der Waals surface area (Å²) in [7, 11) is 0. The summed E-state index contributed by atoms with van der Waals surface area (Å²) in [6.45, 7) is 4.54. The van der Waals surface area contributed by atoms with E-state index in [1.165, 1.54) is 5.56 Å². The minimum atomic E-state index is 0.135. The summed E-state index contributed by atoms with van der Waals surface area (Å²) < 4.78 is 0. The smallest absolute Gasteiger partial charge is 0.0641 e. The number of nitriles is 1. The van der Waals surface area contributed by atoms with Crippen LogP contribution in [0.4, 0.5) is 0 Å². The predicted molar refractivity (Wildman–Crippen MR) is 62.2 cm³/mol. The molecule has 1 N–H and O–H groups in total. The Morgan fingerprint density at radius 2 is 2.13 bits per heavy atom. The highest BCUT2D eigenvalue weighted by molar-refractivity contribution is 5.19. The van der Waals surface area contributed by atoms with Gasteiger partial charge in [0.25, 0.3) is 0 Å². The molecule has 78 valence electrons. The fraction of sp³-hybridized carbons (Fsp3) is 0.308. The largest absolute Gasteiger partial charge is 0.309 e. The van der Waals surface area contributed by atoms with Crippen molar-refractivity contribution in [3.63, 3.8) is 0 Å². The van der Waals surface area contributed by atoms with Crippen LogP contribution in [-0.4, -0.2) is 6.54 Å². The molecule has 0 saturated heterocycles. The minimum absolute atomic E-state index is 0.135. The van der Waals surface area contributed by atoms with Crippen LogP contribution in [0, 0.1) is 11.3 Å². The van der Waals surface area contributed by atoms with Crippen molar-refractivity contribution in [2.24, 2.45) is 0 Å². The van der Waals surface area contributed by atoms with E-state index in [9.17, 15) is 0 Å². The third kappa shape index (κ3) is 3.97. The summed E-state index contributed by atoms with van der Waals surface area (Å²) in [5.41, 5.74) is 1.17. The molecule has 0 saturated carbocycles. The van der Waals surface area contributed by atoms with Gasteiger partial charge in [-0.3, -0.25) is 0 Å². The molecule has 1 rings (SSSR count). The Bertz CT molecular complexity index is 324. The molecule has 0 spiro atoms. The second-order valence-electron chi connectivity index (χ2n) is 3.36. The van der Waals surface area contributed by atoms with Crippen molar-refractivity contribution in [1.82, 2.24) is 5.32 Å². The Labute approximate surface area is 91.2 Å². The Hall–Kier alpha value is -1.59. The lowest BCUT2D eigenvalue weighted by Crippen LogP contribution is -2.21. The number of nitrogens with zero attached hydrogens (tertiary/aromatic N) is 1.